The van der Waals surface area contributed by atoms with Gasteiger partial charge in [0.2, 0.25) is 5.82 Å². The van der Waals surface area contributed by atoms with E-state index in [1.807, 2.05) is 0 Å². The number of nitrogens with one attached hydrogen (secondary N) is 1. The molecule has 3 fully saturated rings. The van der Waals surface area contributed by atoms with E-state index in [0.717, 1.165) is 32.1 Å². The van der Waals surface area contributed by atoms with E-state index in [1.54, 1.807) is 18.3 Å². The normalized spacial score (nSPS) is 30.3. The molecule has 4 atom stereocenters. The number of piperidine rings is 2. The van der Waals surface area contributed by atoms with Crippen LogP contribution in [0, 0.1) is 0 Å². The van der Waals surface area contributed by atoms with Crippen molar-refractivity contribution >= 4 is 5.82 Å². The quantitative estimate of drug-likeness (QED) is 0.582. The minimum Gasteiger partial charge on any atom is -0.507 e. The molecule has 2 N–H and O–H groups in total. The highest BCUT2D eigenvalue weighted by molar-refractivity contribution is 5.70. The highest BCUT2D eigenvalue weighted by Gasteiger charge is 2.50. The fourth-order valence-electron chi connectivity index (χ4n) is 5.48. The van der Waals surface area contributed by atoms with Crippen molar-refractivity contribution in [2.24, 2.45) is 6.98 Å². The Morgan fingerprint density at radius 1 is 1.24 bits per heavy atom. The van der Waals surface area contributed by atoms with Gasteiger partial charge in [0.15, 0.2) is 11.6 Å². The number of fused-ring (bicyclic) bond motifs is 2. The van der Waals surface area contributed by atoms with Gasteiger partial charge in [0.25, 0.3) is 0 Å². The zero-order valence-corrected chi connectivity index (χ0v) is 18.8. The summed E-state index contributed by atoms with van der Waals surface area (Å²) in [5, 5.41) is 34.0. The van der Waals surface area contributed by atoms with Gasteiger partial charge in [-0.25, -0.2) is 9.37 Å². The standard InChI is InChI=1S/C23H28FN9O/c1-23-9-3-4-16(26-23)20(24)17(11-23)33(14-6-7-14)19-12-25-22(28-27-19)15-8-5-13(10-18(15)34)21-29-31-32(2)30-21/h5,8,10,12,14,16-17,20,26,34H,3-4,6-7,9,11H2,1-2H3/t16-,17-,20+,23-/m0/s1/i2D3. The van der Waals surface area contributed by atoms with Gasteiger partial charge >= 0.3 is 0 Å². The molecule has 178 valence electrons. The number of hydrogen-bond acceptors (Lipinski definition) is 9. The number of aromatic nitrogens is 7. The van der Waals surface area contributed by atoms with Gasteiger partial charge in [-0.1, -0.05) is 6.07 Å². The number of aryl methyl sites for hydroxylation is 1. The third-order valence-corrected chi connectivity index (χ3v) is 7.21. The number of phenols is 1. The lowest BCUT2D eigenvalue weighted by molar-refractivity contribution is 0.0584. The number of nitrogens with zero attached hydrogens (tertiary/aromatic N) is 8. The first kappa shape index (κ1) is 18.2. The summed E-state index contributed by atoms with van der Waals surface area (Å²) in [6.07, 6.45) is 6.20. The van der Waals surface area contributed by atoms with E-state index in [0.29, 0.717) is 28.2 Å². The summed E-state index contributed by atoms with van der Waals surface area (Å²) in [6.45, 7) is -0.364. The zero-order valence-electron chi connectivity index (χ0n) is 21.8. The minimum atomic E-state index is -2.55. The fraction of sp³-hybridized carbons (Fsp3) is 0.565. The first-order chi connectivity index (χ1) is 17.6. The van der Waals surface area contributed by atoms with Crippen LogP contribution in [0.2, 0.25) is 0 Å². The van der Waals surface area contributed by atoms with Crippen LogP contribution in [0.1, 0.15) is 49.6 Å². The Hall–Kier alpha value is -3.21. The van der Waals surface area contributed by atoms with Gasteiger partial charge in [-0.15, -0.1) is 20.4 Å². The van der Waals surface area contributed by atoms with Crippen molar-refractivity contribution in [1.82, 2.24) is 40.7 Å². The molecule has 11 heteroatoms. The van der Waals surface area contributed by atoms with Gasteiger partial charge in [-0.2, -0.15) is 4.80 Å². The first-order valence-electron chi connectivity index (χ1n) is 13.2. The average Bonchev–Trinajstić information content (AvgIpc) is 3.55. The molecular weight excluding hydrogens is 437 g/mol. The Labute approximate surface area is 200 Å². The molecule has 3 aliphatic rings. The number of alkyl halides is 1. The Bertz CT molecular complexity index is 1300. The number of rotatable bonds is 5. The van der Waals surface area contributed by atoms with E-state index < -0.39 is 13.1 Å². The third kappa shape index (κ3) is 3.77. The molecule has 1 aromatic carbocycles. The van der Waals surface area contributed by atoms with Crippen LogP contribution in [0.25, 0.3) is 22.8 Å². The van der Waals surface area contributed by atoms with E-state index in [2.05, 4.69) is 47.7 Å². The summed E-state index contributed by atoms with van der Waals surface area (Å²) in [5.41, 5.74) is 0.651. The highest BCUT2D eigenvalue weighted by atomic mass is 19.1. The van der Waals surface area contributed by atoms with Gasteiger partial charge in [0.05, 0.1) is 24.8 Å². The predicted octanol–water partition coefficient (Wildman–Crippen LogP) is 2.41. The summed E-state index contributed by atoms with van der Waals surface area (Å²) in [6, 6.07) is 4.40. The maximum atomic E-state index is 15.6. The molecule has 2 aliphatic heterocycles. The van der Waals surface area contributed by atoms with Crippen LogP contribution < -0.4 is 10.2 Å². The van der Waals surface area contributed by atoms with Crippen LogP contribution in [-0.2, 0) is 6.98 Å². The monoisotopic (exact) mass is 468 g/mol. The zero-order chi connectivity index (χ0) is 25.9. The van der Waals surface area contributed by atoms with Crippen molar-refractivity contribution < 1.29 is 13.6 Å². The lowest BCUT2D eigenvalue weighted by atomic mass is 9.74. The summed E-state index contributed by atoms with van der Waals surface area (Å²) in [4.78, 5) is 7.08. The minimum absolute atomic E-state index is 0.0636. The number of benzene rings is 1. The number of phenolic OH excluding ortho intramolecular Hbond substituents is 1. The van der Waals surface area contributed by atoms with E-state index >= 15 is 4.39 Å². The Balaban J connectivity index is 1.25. The Kier molecular flexibility index (Phi) is 4.24. The molecule has 34 heavy (non-hydrogen) atoms. The molecule has 0 amide bonds. The molecule has 0 radical (unpaired) electrons. The summed E-state index contributed by atoms with van der Waals surface area (Å²) in [5.74, 6) is 0.686. The maximum absolute atomic E-state index is 15.6. The number of tetrazole rings is 1. The lowest BCUT2D eigenvalue weighted by Gasteiger charge is -2.52. The highest BCUT2D eigenvalue weighted by Crippen LogP contribution is 2.42. The number of hydrogen-bond donors (Lipinski definition) is 2. The maximum Gasteiger partial charge on any atom is 0.205 e. The third-order valence-electron chi connectivity index (χ3n) is 7.21. The van der Waals surface area contributed by atoms with Crippen LogP contribution in [-0.4, -0.2) is 70.3 Å². The Morgan fingerprint density at radius 2 is 2.12 bits per heavy atom. The van der Waals surface area contributed by atoms with Gasteiger partial charge in [-0.05, 0) is 62.8 Å². The van der Waals surface area contributed by atoms with Crippen molar-refractivity contribution in [2.45, 2.75) is 75.3 Å². The van der Waals surface area contributed by atoms with Gasteiger partial charge in [0.1, 0.15) is 11.9 Å². The second kappa shape index (κ2) is 7.93. The smallest absolute Gasteiger partial charge is 0.205 e. The summed E-state index contributed by atoms with van der Waals surface area (Å²) in [7, 11) is 0. The molecule has 1 aliphatic carbocycles. The lowest BCUT2D eigenvalue weighted by Crippen LogP contribution is -2.67. The Morgan fingerprint density at radius 3 is 2.82 bits per heavy atom. The predicted molar refractivity (Wildman–Crippen MR) is 123 cm³/mol. The molecule has 0 spiro atoms. The van der Waals surface area contributed by atoms with E-state index in [1.165, 1.54) is 6.07 Å². The molecule has 6 rings (SSSR count). The number of halogens is 1. The molecule has 0 unspecified atom stereocenters. The second-order valence-electron chi connectivity index (χ2n) is 9.83. The van der Waals surface area contributed by atoms with Crippen LogP contribution in [0.15, 0.2) is 24.4 Å². The largest absolute Gasteiger partial charge is 0.507 e. The van der Waals surface area contributed by atoms with Crippen LogP contribution in [0.5, 0.6) is 5.75 Å². The van der Waals surface area contributed by atoms with Crippen molar-refractivity contribution in [1.29, 1.82) is 0 Å². The summed E-state index contributed by atoms with van der Waals surface area (Å²) < 4.78 is 37.7. The molecule has 2 aromatic heterocycles. The second-order valence-corrected chi connectivity index (χ2v) is 9.83. The topological polar surface area (TPSA) is 118 Å². The van der Waals surface area contributed by atoms with Crippen molar-refractivity contribution in [3.05, 3.63) is 24.4 Å². The van der Waals surface area contributed by atoms with E-state index in [4.69, 9.17) is 4.11 Å². The molecule has 4 heterocycles. The molecule has 3 aromatic rings. The van der Waals surface area contributed by atoms with Gasteiger partial charge < -0.3 is 15.3 Å². The molecule has 2 bridgehead atoms. The van der Waals surface area contributed by atoms with Gasteiger partial charge in [0, 0.05) is 27.3 Å². The molecular formula is C23H28FN9O. The van der Waals surface area contributed by atoms with Crippen molar-refractivity contribution in [3.8, 4) is 28.5 Å². The molecule has 1 saturated carbocycles. The number of aromatic hydroxyl groups is 1. The SMILES string of the molecule is [2H]C([2H])([2H])n1nnc(-c2ccc(-c3ncc(N(C4CC4)[C@H]4C[C@]5(C)CCC[C@H](N5)[C@H]4F)nn3)c(O)c2)n1. The van der Waals surface area contributed by atoms with E-state index in [9.17, 15) is 5.11 Å². The fourth-order valence-corrected chi connectivity index (χ4v) is 5.48. The van der Waals surface area contributed by atoms with E-state index in [-0.39, 0.29) is 41.1 Å². The first-order valence-corrected chi connectivity index (χ1v) is 11.7. The molecule has 2 saturated heterocycles. The van der Waals surface area contributed by atoms with Gasteiger partial charge in [-0.3, -0.25) is 0 Å². The number of anilines is 1. The molecule has 10 nitrogen and oxygen atoms in total. The summed E-state index contributed by atoms with van der Waals surface area (Å²) >= 11 is 0. The van der Waals surface area contributed by atoms with Crippen LogP contribution in [0.3, 0.4) is 0 Å². The van der Waals surface area contributed by atoms with Crippen molar-refractivity contribution in [2.75, 3.05) is 4.90 Å². The van der Waals surface area contributed by atoms with Crippen LogP contribution in [0.4, 0.5) is 10.2 Å². The average molecular weight is 469 g/mol. The van der Waals surface area contributed by atoms with Crippen LogP contribution >= 0.6 is 0 Å². The van der Waals surface area contributed by atoms with Crippen molar-refractivity contribution in [3.63, 3.8) is 0 Å².